The van der Waals surface area contributed by atoms with Crippen LogP contribution in [0.5, 0.6) is 0 Å². The van der Waals surface area contributed by atoms with Crippen molar-refractivity contribution in [3.05, 3.63) is 17.7 Å². The Bertz CT molecular complexity index is 484. The Hall–Kier alpha value is -1.78. The minimum atomic E-state index is 0.535. The summed E-state index contributed by atoms with van der Waals surface area (Å²) in [4.78, 5) is 4.26. The van der Waals surface area contributed by atoms with E-state index in [4.69, 9.17) is 10.2 Å². The first-order valence-corrected chi connectivity index (χ1v) is 4.88. The Kier molecular flexibility index (Phi) is 2.22. The second-order valence-electron chi connectivity index (χ2n) is 3.46. The van der Waals surface area contributed by atoms with Crippen LogP contribution in [0.4, 0.5) is 5.69 Å². The molecule has 0 radical (unpaired) electrons. The number of hydrogen-bond donors (Lipinski definition) is 1. The van der Waals surface area contributed by atoms with Gasteiger partial charge in [-0.2, -0.15) is 5.10 Å². The van der Waals surface area contributed by atoms with Gasteiger partial charge in [0.25, 0.3) is 0 Å². The van der Waals surface area contributed by atoms with Gasteiger partial charge in [0.15, 0.2) is 0 Å². The molecule has 0 saturated heterocycles. The van der Waals surface area contributed by atoms with E-state index in [1.807, 2.05) is 20.8 Å². The topological polar surface area (TPSA) is 69.9 Å². The highest BCUT2D eigenvalue weighted by molar-refractivity contribution is 5.68. The molecule has 0 fully saturated rings. The number of nitrogen functional groups attached to an aromatic ring is 1. The Labute approximate surface area is 87.9 Å². The molecule has 0 aliphatic heterocycles. The van der Waals surface area contributed by atoms with Gasteiger partial charge in [0.1, 0.15) is 12.0 Å². The van der Waals surface area contributed by atoms with Crippen molar-refractivity contribution in [3.8, 4) is 11.6 Å². The molecule has 0 amide bonds. The number of oxazole rings is 1. The number of anilines is 1. The number of rotatable bonds is 2. The lowest BCUT2D eigenvalue weighted by atomic mass is 10.3. The summed E-state index contributed by atoms with van der Waals surface area (Å²) in [5, 5.41) is 4.31. The SMILES string of the molecule is CCn1nc(C)c(N)c1-c1nc(C)co1. The maximum atomic E-state index is 5.94. The molecule has 2 aromatic rings. The largest absolute Gasteiger partial charge is 0.443 e. The van der Waals surface area contributed by atoms with Gasteiger partial charge in [-0.3, -0.25) is 4.68 Å². The summed E-state index contributed by atoms with van der Waals surface area (Å²) in [6.07, 6.45) is 1.61. The van der Waals surface area contributed by atoms with Gasteiger partial charge in [0.05, 0.1) is 17.1 Å². The second kappa shape index (κ2) is 3.42. The summed E-state index contributed by atoms with van der Waals surface area (Å²) in [6.45, 7) is 6.50. The molecular formula is C10H14N4O. The highest BCUT2D eigenvalue weighted by Gasteiger charge is 2.17. The molecule has 15 heavy (non-hydrogen) atoms. The lowest BCUT2D eigenvalue weighted by Gasteiger charge is -2.00. The van der Waals surface area contributed by atoms with E-state index in [2.05, 4.69) is 10.1 Å². The fraction of sp³-hybridized carbons (Fsp3) is 0.400. The highest BCUT2D eigenvalue weighted by atomic mass is 16.3. The zero-order chi connectivity index (χ0) is 11.0. The molecular weight excluding hydrogens is 192 g/mol. The number of nitrogens with zero attached hydrogens (tertiary/aromatic N) is 3. The average Bonchev–Trinajstić information content (AvgIpc) is 2.73. The van der Waals surface area contributed by atoms with Crippen molar-refractivity contribution in [1.29, 1.82) is 0 Å². The number of aromatic nitrogens is 3. The number of aryl methyl sites for hydroxylation is 3. The third kappa shape index (κ3) is 1.49. The molecule has 0 unspecified atom stereocenters. The van der Waals surface area contributed by atoms with Crippen molar-refractivity contribution in [2.45, 2.75) is 27.3 Å². The summed E-state index contributed by atoms with van der Waals surface area (Å²) in [5.41, 5.74) is 8.99. The second-order valence-corrected chi connectivity index (χ2v) is 3.46. The van der Waals surface area contributed by atoms with Crippen LogP contribution in [0, 0.1) is 13.8 Å². The van der Waals surface area contributed by atoms with Gasteiger partial charge < -0.3 is 10.2 Å². The maximum Gasteiger partial charge on any atom is 0.247 e. The van der Waals surface area contributed by atoms with E-state index in [9.17, 15) is 0 Å². The van der Waals surface area contributed by atoms with Crippen LogP contribution in [-0.4, -0.2) is 14.8 Å². The molecule has 2 aromatic heterocycles. The van der Waals surface area contributed by atoms with Gasteiger partial charge in [-0.1, -0.05) is 0 Å². The van der Waals surface area contributed by atoms with Crippen molar-refractivity contribution in [2.75, 3.05) is 5.73 Å². The maximum absolute atomic E-state index is 5.94. The van der Waals surface area contributed by atoms with Crippen LogP contribution in [0.2, 0.25) is 0 Å². The quantitative estimate of drug-likeness (QED) is 0.812. The Morgan fingerprint density at radius 1 is 1.47 bits per heavy atom. The van der Waals surface area contributed by atoms with Crippen LogP contribution >= 0.6 is 0 Å². The van der Waals surface area contributed by atoms with E-state index in [1.54, 1.807) is 10.9 Å². The highest BCUT2D eigenvalue weighted by Crippen LogP contribution is 2.27. The van der Waals surface area contributed by atoms with Gasteiger partial charge in [-0.25, -0.2) is 4.98 Å². The zero-order valence-electron chi connectivity index (χ0n) is 9.11. The Balaban J connectivity index is 2.60. The summed E-state index contributed by atoms with van der Waals surface area (Å²) in [7, 11) is 0. The van der Waals surface area contributed by atoms with E-state index in [0.717, 1.165) is 23.6 Å². The predicted octanol–water partition coefficient (Wildman–Crippen LogP) is 1.76. The van der Waals surface area contributed by atoms with E-state index in [0.29, 0.717) is 11.6 Å². The van der Waals surface area contributed by atoms with Crippen LogP contribution in [0.1, 0.15) is 18.3 Å². The van der Waals surface area contributed by atoms with Crippen LogP contribution in [0.3, 0.4) is 0 Å². The molecule has 5 heteroatoms. The zero-order valence-corrected chi connectivity index (χ0v) is 9.11. The van der Waals surface area contributed by atoms with Gasteiger partial charge in [-0.15, -0.1) is 0 Å². The smallest absolute Gasteiger partial charge is 0.247 e. The van der Waals surface area contributed by atoms with Crippen molar-refractivity contribution >= 4 is 5.69 Å². The van der Waals surface area contributed by atoms with Gasteiger partial charge in [-0.05, 0) is 20.8 Å². The van der Waals surface area contributed by atoms with Crippen LogP contribution in [-0.2, 0) is 6.54 Å². The average molecular weight is 206 g/mol. The lowest BCUT2D eigenvalue weighted by Crippen LogP contribution is -2.00. The van der Waals surface area contributed by atoms with E-state index in [-0.39, 0.29) is 0 Å². The standard InChI is InChI=1S/C10H14N4O/c1-4-14-9(8(11)7(3)13-14)10-12-6(2)5-15-10/h5H,4,11H2,1-3H3. The minimum absolute atomic E-state index is 0.535. The lowest BCUT2D eigenvalue weighted by molar-refractivity contribution is 0.556. The predicted molar refractivity (Wildman–Crippen MR) is 57.3 cm³/mol. The van der Waals surface area contributed by atoms with Gasteiger partial charge in [0, 0.05) is 6.54 Å². The molecule has 2 heterocycles. The summed E-state index contributed by atoms with van der Waals surface area (Å²) >= 11 is 0. The molecule has 2 N–H and O–H groups in total. The summed E-state index contributed by atoms with van der Waals surface area (Å²) in [5.74, 6) is 0.535. The van der Waals surface area contributed by atoms with E-state index in [1.165, 1.54) is 0 Å². The third-order valence-corrected chi connectivity index (χ3v) is 2.29. The van der Waals surface area contributed by atoms with Crippen molar-refractivity contribution in [2.24, 2.45) is 0 Å². The Morgan fingerprint density at radius 2 is 2.20 bits per heavy atom. The normalized spacial score (nSPS) is 10.9. The number of hydrogen-bond acceptors (Lipinski definition) is 4. The molecule has 0 aliphatic carbocycles. The minimum Gasteiger partial charge on any atom is -0.443 e. The molecule has 5 nitrogen and oxygen atoms in total. The van der Waals surface area contributed by atoms with Crippen LogP contribution in [0.25, 0.3) is 11.6 Å². The molecule has 80 valence electrons. The van der Waals surface area contributed by atoms with Gasteiger partial charge in [0.2, 0.25) is 5.89 Å². The van der Waals surface area contributed by atoms with Crippen LogP contribution < -0.4 is 5.73 Å². The van der Waals surface area contributed by atoms with Crippen molar-refractivity contribution in [1.82, 2.24) is 14.8 Å². The van der Waals surface area contributed by atoms with Crippen molar-refractivity contribution in [3.63, 3.8) is 0 Å². The first-order valence-electron chi connectivity index (χ1n) is 4.88. The molecule has 0 saturated carbocycles. The molecule has 0 aliphatic rings. The molecule has 0 aromatic carbocycles. The molecule has 0 spiro atoms. The first kappa shape index (κ1) is 9.76. The van der Waals surface area contributed by atoms with Crippen LogP contribution in [0.15, 0.2) is 10.7 Å². The molecule has 0 bridgehead atoms. The fourth-order valence-corrected chi connectivity index (χ4v) is 1.51. The van der Waals surface area contributed by atoms with E-state index >= 15 is 0 Å². The first-order chi connectivity index (χ1) is 7.13. The summed E-state index contributed by atoms with van der Waals surface area (Å²) in [6, 6.07) is 0. The Morgan fingerprint density at radius 3 is 2.73 bits per heavy atom. The monoisotopic (exact) mass is 206 g/mol. The van der Waals surface area contributed by atoms with Crippen molar-refractivity contribution < 1.29 is 4.42 Å². The van der Waals surface area contributed by atoms with E-state index < -0.39 is 0 Å². The third-order valence-electron chi connectivity index (χ3n) is 2.29. The molecule has 0 atom stereocenters. The molecule has 2 rings (SSSR count). The fourth-order valence-electron chi connectivity index (χ4n) is 1.51. The van der Waals surface area contributed by atoms with Gasteiger partial charge >= 0.3 is 0 Å². The number of nitrogens with two attached hydrogens (primary N) is 1. The summed E-state index contributed by atoms with van der Waals surface area (Å²) < 4.78 is 7.14.